The van der Waals surface area contributed by atoms with Crippen molar-refractivity contribution >= 4 is 46.4 Å². The third kappa shape index (κ3) is 6.38. The van der Waals surface area contributed by atoms with Crippen LogP contribution >= 0.6 is 23.9 Å². The van der Waals surface area contributed by atoms with E-state index < -0.39 is 48.9 Å². The van der Waals surface area contributed by atoms with Crippen LogP contribution in [0.3, 0.4) is 0 Å². The Bertz CT molecular complexity index is 1420. The number of phosphoric acid groups is 2. The maximum absolute atomic E-state index is 11.9. The first kappa shape index (κ1) is 27.7. The monoisotopic (exact) mass is 580 g/mol. The number of benzene rings is 1. The molecule has 3 aromatic rings. The van der Waals surface area contributed by atoms with E-state index in [9.17, 15) is 23.7 Å². The van der Waals surface area contributed by atoms with E-state index in [0.29, 0.717) is 22.3 Å². The van der Waals surface area contributed by atoms with E-state index in [2.05, 4.69) is 23.3 Å². The Hall–Kier alpha value is -2.36. The maximum atomic E-state index is 11.9. The molecule has 4 rings (SSSR count). The number of rotatable bonds is 10. The number of ether oxygens (including phenoxy) is 1. The molecule has 1 aliphatic heterocycles. The Morgan fingerprint density at radius 2 is 1.97 bits per heavy atom. The van der Waals surface area contributed by atoms with Crippen molar-refractivity contribution in [1.82, 2.24) is 14.5 Å². The van der Waals surface area contributed by atoms with Gasteiger partial charge in [-0.3, -0.25) is 4.89 Å². The van der Waals surface area contributed by atoms with Crippen molar-refractivity contribution in [1.29, 1.82) is 0 Å². The largest absolute Gasteiger partial charge is 0.708 e. The van der Waals surface area contributed by atoms with Crippen LogP contribution in [0.1, 0.15) is 12.6 Å². The van der Waals surface area contributed by atoms with Gasteiger partial charge in [0.1, 0.15) is 36.7 Å². The highest BCUT2D eigenvalue weighted by Crippen LogP contribution is 2.63. The van der Waals surface area contributed by atoms with Crippen molar-refractivity contribution in [2.75, 3.05) is 18.1 Å². The second-order valence-corrected chi connectivity index (χ2v) is 11.7. The number of nitrogens with two attached hydrogens (primary N) is 2. The zero-order valence-electron chi connectivity index (χ0n) is 18.5. The van der Waals surface area contributed by atoms with Crippen LogP contribution in [0.15, 0.2) is 36.8 Å². The van der Waals surface area contributed by atoms with Crippen LogP contribution in [0.5, 0.6) is 0 Å². The number of anilines is 2. The molecule has 1 fully saturated rings. The van der Waals surface area contributed by atoms with Gasteiger partial charge in [-0.25, -0.2) is 24.4 Å². The first-order valence-electron chi connectivity index (χ1n) is 10.2. The summed E-state index contributed by atoms with van der Waals surface area (Å²) in [6, 6.07) is 7.07. The molecule has 0 radical (unpaired) electrons. The molecular weight excluding hydrogens is 559 g/mol. The lowest BCUT2D eigenvalue weighted by atomic mass is 10.1. The van der Waals surface area contributed by atoms with E-state index in [4.69, 9.17) is 30.9 Å². The lowest BCUT2D eigenvalue weighted by molar-refractivity contribution is -0.157. The minimum Gasteiger partial charge on any atom is -0.399 e. The molecule has 0 aliphatic carbocycles. The van der Waals surface area contributed by atoms with Gasteiger partial charge in [0.25, 0.3) is 0 Å². The molecule has 0 saturated carbocycles. The summed E-state index contributed by atoms with van der Waals surface area (Å²) in [5, 5.41) is 19.2. The molecule has 37 heavy (non-hydrogen) atoms. The summed E-state index contributed by atoms with van der Waals surface area (Å²) < 4.78 is 57.5. The van der Waals surface area contributed by atoms with Crippen LogP contribution in [0.4, 0.5) is 11.5 Å². The molecule has 200 valence electrons. The molecule has 3 unspecified atom stereocenters. The summed E-state index contributed by atoms with van der Waals surface area (Å²) in [4.78, 5) is 26.5. The first-order valence-corrected chi connectivity index (χ1v) is 14.3. The number of hydrogen-bond donors (Lipinski definition) is 6. The highest BCUT2D eigenvalue weighted by atomic mass is 31.3. The fraction of sp³-hybridized carbons (Fsp3) is 0.294. The van der Waals surface area contributed by atoms with Crippen LogP contribution in [0.25, 0.3) is 22.2 Å². The second kappa shape index (κ2) is 10.8. The molecule has 2 aromatic heterocycles. The van der Waals surface area contributed by atoms with Crippen LogP contribution in [-0.4, -0.2) is 53.5 Å². The molecule has 20 heteroatoms. The summed E-state index contributed by atoms with van der Waals surface area (Å²) >= 11 is 0. The summed E-state index contributed by atoms with van der Waals surface area (Å²) in [5.41, 5.74) is 14.4. The number of aromatic nitrogens is 3. The van der Waals surface area contributed by atoms with Gasteiger partial charge < -0.3 is 30.8 Å². The quantitative estimate of drug-likeness (QED) is 0.0869. The van der Waals surface area contributed by atoms with Crippen molar-refractivity contribution in [2.24, 2.45) is 0 Å². The molecule has 0 amide bonds. The number of nitrogens with zero attached hydrogens (tertiary/aromatic N) is 3. The van der Waals surface area contributed by atoms with E-state index in [0.717, 1.165) is 5.56 Å². The molecule has 17 nitrogen and oxygen atoms in total. The van der Waals surface area contributed by atoms with E-state index >= 15 is 0 Å². The zero-order valence-corrected chi connectivity index (χ0v) is 21.2. The Balaban J connectivity index is 1.49. The molecule has 3 heterocycles. The second-order valence-electron chi connectivity index (χ2n) is 7.67. The topological polar surface area (TPSA) is 261 Å². The smallest absolute Gasteiger partial charge is 0.399 e. The average molecular weight is 580 g/mol. The van der Waals surface area contributed by atoms with Crippen LogP contribution in [-0.2, 0) is 36.3 Å². The highest BCUT2D eigenvalue weighted by molar-refractivity contribution is 7.64. The standard InChI is InChI=1S/C17H20N5O12P3/c18-10-3-1-2-9(4-10)11-6-22(17-15(11)16(19)20-8-21-17)14-5-12(23)13(31-14)7-30-35(25)33-37(28,29)34-36(26,27)32-24/h1-4,6,8,12-14,23H,5,7,18H2,(H4-,19,20,21,24,26,27,28,29)/p+1/t12-,13+,14+/m0/s1. The van der Waals surface area contributed by atoms with Gasteiger partial charge in [-0.15, -0.1) is 9.20 Å². The van der Waals surface area contributed by atoms with Gasteiger partial charge in [-0.1, -0.05) is 12.1 Å². The zero-order chi connectivity index (χ0) is 27.0. The van der Waals surface area contributed by atoms with Gasteiger partial charge >= 0.3 is 23.9 Å². The number of aliphatic hydroxyl groups excluding tert-OH is 1. The third-order valence-electron chi connectivity index (χ3n) is 5.17. The fourth-order valence-electron chi connectivity index (χ4n) is 3.69. The van der Waals surface area contributed by atoms with Gasteiger partial charge in [-0.2, -0.15) is 4.31 Å². The van der Waals surface area contributed by atoms with Gasteiger partial charge in [0.05, 0.1) is 11.5 Å². The van der Waals surface area contributed by atoms with Gasteiger partial charge in [0, 0.05) is 28.4 Å². The molecule has 0 spiro atoms. The Labute approximate surface area is 208 Å². The van der Waals surface area contributed by atoms with Crippen molar-refractivity contribution < 1.29 is 56.4 Å². The van der Waals surface area contributed by atoms with Gasteiger partial charge in [-0.05, 0) is 22.0 Å². The molecule has 1 saturated heterocycles. The number of aliphatic hydroxyl groups is 1. The normalized spacial score (nSPS) is 23.6. The Morgan fingerprint density at radius 1 is 1.22 bits per heavy atom. The van der Waals surface area contributed by atoms with Gasteiger partial charge in [0.15, 0.2) is 0 Å². The summed E-state index contributed by atoms with van der Waals surface area (Å²) in [5.74, 6) is 0.212. The van der Waals surface area contributed by atoms with Crippen molar-refractivity contribution in [3.63, 3.8) is 0 Å². The molecule has 8 N–H and O–H groups in total. The van der Waals surface area contributed by atoms with Crippen LogP contribution in [0.2, 0.25) is 0 Å². The van der Waals surface area contributed by atoms with Crippen molar-refractivity contribution in [2.45, 2.75) is 24.9 Å². The lowest BCUT2D eigenvalue weighted by Gasteiger charge is -2.14. The predicted octanol–water partition coefficient (Wildman–Crippen LogP) is 2.31. The predicted molar refractivity (Wildman–Crippen MR) is 125 cm³/mol. The Morgan fingerprint density at radius 3 is 2.68 bits per heavy atom. The fourth-order valence-corrected chi connectivity index (χ4v) is 6.37. The molecular formula is C17H21N5O12P3+. The number of hydrogen-bond acceptors (Lipinski definition) is 14. The van der Waals surface area contributed by atoms with E-state index in [-0.39, 0.29) is 12.2 Å². The summed E-state index contributed by atoms with van der Waals surface area (Å²) in [6.45, 7) is -0.571. The third-order valence-corrected chi connectivity index (χ3v) is 8.75. The minimum atomic E-state index is -5.43. The number of nitrogen functional groups attached to an aromatic ring is 2. The molecule has 1 aromatic carbocycles. The maximum Gasteiger partial charge on any atom is 0.708 e. The highest BCUT2D eigenvalue weighted by Gasteiger charge is 2.46. The summed E-state index contributed by atoms with van der Waals surface area (Å²) in [7, 11) is -14.2. The van der Waals surface area contributed by atoms with Gasteiger partial charge in [0.2, 0.25) is 0 Å². The van der Waals surface area contributed by atoms with Crippen LogP contribution in [0, 0.1) is 0 Å². The van der Waals surface area contributed by atoms with E-state index in [1.807, 2.05) is 6.07 Å². The SMILES string of the molecule is Nc1cccc(-c2cn([C@H]3C[C@H](O)[C@@H](CO[P+](=O)OP(=O)(O)OP(=O)(O)OO)O3)c3ncnc(N)c23)c1. The molecule has 6 atom stereocenters. The van der Waals surface area contributed by atoms with Crippen molar-refractivity contribution in [3.05, 3.63) is 36.8 Å². The van der Waals surface area contributed by atoms with E-state index in [1.54, 1.807) is 29.0 Å². The minimum absolute atomic E-state index is 0.0544. The van der Waals surface area contributed by atoms with Crippen LogP contribution < -0.4 is 11.5 Å². The lowest BCUT2D eigenvalue weighted by Crippen LogP contribution is -2.25. The average Bonchev–Trinajstić information content (AvgIpc) is 3.38. The molecule has 0 bridgehead atoms. The van der Waals surface area contributed by atoms with E-state index in [1.165, 1.54) is 6.33 Å². The first-order chi connectivity index (χ1) is 17.4. The number of fused-ring (bicyclic) bond motifs is 1. The molecule has 1 aliphatic rings. The van der Waals surface area contributed by atoms with Crippen molar-refractivity contribution in [3.8, 4) is 11.1 Å². The Kier molecular flexibility index (Phi) is 8.07. The summed E-state index contributed by atoms with van der Waals surface area (Å²) in [6.07, 6.45) is 0.0714.